The third kappa shape index (κ3) is 4.27. The molecule has 0 saturated heterocycles. The highest BCUT2D eigenvalue weighted by atomic mass is 16.3. The second kappa shape index (κ2) is 5.97. The molecule has 1 heterocycles. The van der Waals surface area contributed by atoms with Crippen molar-refractivity contribution >= 4 is 5.84 Å². The summed E-state index contributed by atoms with van der Waals surface area (Å²) in [6.07, 6.45) is 5.35. The van der Waals surface area contributed by atoms with Crippen molar-refractivity contribution in [3.8, 4) is 0 Å². The molecule has 0 aromatic rings. The molecule has 0 fully saturated rings. The Morgan fingerprint density at radius 3 is 3.08 bits per heavy atom. The maximum absolute atomic E-state index is 9.34. The van der Waals surface area contributed by atoms with Gasteiger partial charge < -0.3 is 10.4 Å². The zero-order chi connectivity index (χ0) is 9.52. The average molecular weight is 184 g/mol. The molecule has 0 amide bonds. The van der Waals surface area contributed by atoms with Crippen LogP contribution in [0.1, 0.15) is 39.0 Å². The lowest BCUT2D eigenvalue weighted by atomic mass is 10.2. The lowest BCUT2D eigenvalue weighted by molar-refractivity contribution is 0.173. The summed E-state index contributed by atoms with van der Waals surface area (Å²) in [4.78, 5) is 4.42. The first kappa shape index (κ1) is 10.5. The van der Waals surface area contributed by atoms with Crippen molar-refractivity contribution in [3.05, 3.63) is 0 Å². The summed E-state index contributed by atoms with van der Waals surface area (Å²) in [7, 11) is 0. The van der Waals surface area contributed by atoms with Crippen molar-refractivity contribution in [2.45, 2.75) is 45.1 Å². The molecule has 0 spiro atoms. The molecule has 1 atom stereocenters. The number of hydrogen-bond acceptors (Lipinski definition) is 3. The second-order valence-corrected chi connectivity index (χ2v) is 3.58. The van der Waals surface area contributed by atoms with Crippen molar-refractivity contribution in [1.82, 2.24) is 5.32 Å². The largest absolute Gasteiger partial charge is 0.391 e. The van der Waals surface area contributed by atoms with Gasteiger partial charge in [0.1, 0.15) is 0 Å². The highest BCUT2D eigenvalue weighted by Gasteiger charge is 2.05. The van der Waals surface area contributed by atoms with Gasteiger partial charge in [0.25, 0.3) is 0 Å². The van der Waals surface area contributed by atoms with Gasteiger partial charge in [-0.2, -0.15) is 0 Å². The van der Waals surface area contributed by atoms with E-state index in [-0.39, 0.29) is 6.10 Å². The van der Waals surface area contributed by atoms with E-state index >= 15 is 0 Å². The molecule has 1 aliphatic heterocycles. The van der Waals surface area contributed by atoms with Crippen molar-refractivity contribution in [2.24, 2.45) is 4.99 Å². The first-order valence-electron chi connectivity index (χ1n) is 5.28. The van der Waals surface area contributed by atoms with Gasteiger partial charge in [-0.05, 0) is 19.3 Å². The van der Waals surface area contributed by atoms with E-state index in [0.717, 1.165) is 25.2 Å². The van der Waals surface area contributed by atoms with Crippen LogP contribution < -0.4 is 5.32 Å². The van der Waals surface area contributed by atoms with E-state index in [0.29, 0.717) is 6.54 Å². The molecule has 1 rings (SSSR count). The van der Waals surface area contributed by atoms with Crippen LogP contribution in [0.15, 0.2) is 4.99 Å². The Bertz CT molecular complexity index is 168. The number of amidine groups is 1. The third-order valence-electron chi connectivity index (χ3n) is 2.39. The van der Waals surface area contributed by atoms with Crippen LogP contribution in [0, 0.1) is 0 Å². The highest BCUT2D eigenvalue weighted by Crippen LogP contribution is 2.05. The molecular formula is C10H20N2O. The van der Waals surface area contributed by atoms with Gasteiger partial charge in [0, 0.05) is 19.5 Å². The zero-order valence-electron chi connectivity index (χ0n) is 8.42. The predicted molar refractivity (Wildman–Crippen MR) is 55.1 cm³/mol. The van der Waals surface area contributed by atoms with Crippen LogP contribution in [0.3, 0.4) is 0 Å². The van der Waals surface area contributed by atoms with E-state index in [1.165, 1.54) is 19.3 Å². The molecule has 0 aliphatic carbocycles. The van der Waals surface area contributed by atoms with Gasteiger partial charge >= 0.3 is 0 Å². The molecule has 3 nitrogen and oxygen atoms in total. The quantitative estimate of drug-likeness (QED) is 0.695. The fourth-order valence-corrected chi connectivity index (χ4v) is 1.40. The summed E-state index contributed by atoms with van der Waals surface area (Å²) in [5.41, 5.74) is 0. The van der Waals surface area contributed by atoms with Crippen LogP contribution in [0.2, 0.25) is 0 Å². The molecule has 1 unspecified atom stereocenters. The van der Waals surface area contributed by atoms with Crippen LogP contribution in [-0.4, -0.2) is 30.1 Å². The number of aliphatic hydroxyl groups is 1. The number of nitrogens with zero attached hydrogens (tertiary/aromatic N) is 1. The summed E-state index contributed by atoms with van der Waals surface area (Å²) >= 11 is 0. The van der Waals surface area contributed by atoms with Crippen LogP contribution >= 0.6 is 0 Å². The maximum Gasteiger partial charge on any atom is 0.0963 e. The third-order valence-corrected chi connectivity index (χ3v) is 2.39. The van der Waals surface area contributed by atoms with E-state index < -0.39 is 0 Å². The molecule has 0 aromatic carbocycles. The molecular weight excluding hydrogens is 164 g/mol. The molecule has 0 aromatic heterocycles. The minimum absolute atomic E-state index is 0.231. The van der Waals surface area contributed by atoms with Crippen LogP contribution in [0.25, 0.3) is 0 Å². The molecule has 1 aliphatic rings. The van der Waals surface area contributed by atoms with E-state index in [9.17, 15) is 5.11 Å². The number of aliphatic imine (C=N–C) groups is 1. The Morgan fingerprint density at radius 1 is 1.46 bits per heavy atom. The number of aliphatic hydroxyl groups excluding tert-OH is 1. The van der Waals surface area contributed by atoms with Gasteiger partial charge in [-0.3, -0.25) is 4.99 Å². The molecule has 76 valence electrons. The Balaban J connectivity index is 2.22. The Hall–Kier alpha value is -0.570. The first-order chi connectivity index (χ1) is 6.33. The summed E-state index contributed by atoms with van der Waals surface area (Å²) in [6.45, 7) is 3.58. The Labute approximate surface area is 80.3 Å². The summed E-state index contributed by atoms with van der Waals surface area (Å²) in [5.74, 6) is 1.09. The van der Waals surface area contributed by atoms with Crippen LogP contribution in [-0.2, 0) is 0 Å². The SMILES string of the molecule is CCC(O)CNC1=NCCCCC1. The van der Waals surface area contributed by atoms with Gasteiger partial charge in [-0.1, -0.05) is 13.3 Å². The molecule has 3 heteroatoms. The standard InChI is InChI=1S/C10H20N2O/c1-2-9(13)8-12-10-6-4-3-5-7-11-10/h9,13H,2-8H2,1H3,(H,11,12). The predicted octanol–water partition coefficient (Wildman–Crippen LogP) is 1.32. The maximum atomic E-state index is 9.34. The molecule has 0 saturated carbocycles. The molecule has 13 heavy (non-hydrogen) atoms. The van der Waals surface area contributed by atoms with Crippen molar-refractivity contribution in [2.75, 3.05) is 13.1 Å². The summed E-state index contributed by atoms with van der Waals surface area (Å²) in [6, 6.07) is 0. The number of nitrogens with one attached hydrogen (secondary N) is 1. The van der Waals surface area contributed by atoms with E-state index in [4.69, 9.17) is 0 Å². The minimum atomic E-state index is -0.231. The van der Waals surface area contributed by atoms with E-state index in [2.05, 4.69) is 10.3 Å². The minimum Gasteiger partial charge on any atom is -0.391 e. The summed E-state index contributed by atoms with van der Waals surface area (Å²) < 4.78 is 0. The van der Waals surface area contributed by atoms with Gasteiger partial charge in [-0.15, -0.1) is 0 Å². The first-order valence-corrected chi connectivity index (χ1v) is 5.28. The second-order valence-electron chi connectivity index (χ2n) is 3.58. The van der Waals surface area contributed by atoms with Crippen LogP contribution in [0.4, 0.5) is 0 Å². The topological polar surface area (TPSA) is 44.6 Å². The highest BCUT2D eigenvalue weighted by molar-refractivity contribution is 5.82. The Kier molecular flexibility index (Phi) is 4.83. The lowest BCUT2D eigenvalue weighted by Crippen LogP contribution is -2.31. The van der Waals surface area contributed by atoms with E-state index in [1.54, 1.807) is 0 Å². The number of rotatable bonds is 3. The molecule has 0 radical (unpaired) electrons. The van der Waals surface area contributed by atoms with Gasteiger partial charge in [0.05, 0.1) is 11.9 Å². The summed E-state index contributed by atoms with van der Waals surface area (Å²) in [5, 5.41) is 12.6. The molecule has 0 bridgehead atoms. The van der Waals surface area contributed by atoms with Gasteiger partial charge in [0.15, 0.2) is 0 Å². The lowest BCUT2D eigenvalue weighted by Gasteiger charge is -2.11. The normalized spacial score (nSPS) is 20.3. The average Bonchev–Trinajstić information content (AvgIpc) is 2.42. The number of hydrogen-bond donors (Lipinski definition) is 2. The van der Waals surface area contributed by atoms with Gasteiger partial charge in [-0.25, -0.2) is 0 Å². The zero-order valence-corrected chi connectivity index (χ0v) is 8.42. The Morgan fingerprint density at radius 2 is 2.31 bits per heavy atom. The fraction of sp³-hybridized carbons (Fsp3) is 0.900. The van der Waals surface area contributed by atoms with E-state index in [1.807, 2.05) is 6.92 Å². The van der Waals surface area contributed by atoms with Gasteiger partial charge in [0.2, 0.25) is 0 Å². The van der Waals surface area contributed by atoms with Crippen molar-refractivity contribution in [1.29, 1.82) is 0 Å². The fourth-order valence-electron chi connectivity index (χ4n) is 1.40. The monoisotopic (exact) mass is 184 g/mol. The van der Waals surface area contributed by atoms with Crippen molar-refractivity contribution < 1.29 is 5.11 Å². The van der Waals surface area contributed by atoms with Crippen LogP contribution in [0.5, 0.6) is 0 Å². The van der Waals surface area contributed by atoms with Crippen molar-refractivity contribution in [3.63, 3.8) is 0 Å². The molecule has 2 N–H and O–H groups in total. The smallest absolute Gasteiger partial charge is 0.0963 e.